The zero-order valence-corrected chi connectivity index (χ0v) is 13.6. The third-order valence-corrected chi connectivity index (χ3v) is 4.30. The zero-order chi connectivity index (χ0) is 15.2. The molecule has 21 heavy (non-hydrogen) atoms. The van der Waals surface area contributed by atoms with Gasteiger partial charge in [-0.1, -0.05) is 26.0 Å². The van der Waals surface area contributed by atoms with E-state index < -0.39 is 0 Å². The van der Waals surface area contributed by atoms with Crippen LogP contribution in [0, 0.1) is 5.92 Å². The molecule has 1 aliphatic heterocycles. The van der Waals surface area contributed by atoms with Crippen LogP contribution in [0.25, 0.3) is 0 Å². The summed E-state index contributed by atoms with van der Waals surface area (Å²) >= 11 is 0. The molecular formula is C17H29N3O. The average Bonchev–Trinajstić information content (AvgIpc) is 2.86. The predicted molar refractivity (Wildman–Crippen MR) is 87.3 cm³/mol. The van der Waals surface area contributed by atoms with Crippen molar-refractivity contribution in [2.75, 3.05) is 13.1 Å². The predicted octanol–water partition coefficient (Wildman–Crippen LogP) is 2.63. The van der Waals surface area contributed by atoms with Crippen LogP contribution in [0.5, 0.6) is 5.75 Å². The number of hydrazine groups is 1. The minimum atomic E-state index is 0.256. The van der Waals surface area contributed by atoms with Gasteiger partial charge in [0.05, 0.1) is 12.1 Å². The molecule has 0 saturated carbocycles. The fourth-order valence-corrected chi connectivity index (χ4v) is 2.76. The smallest absolute Gasteiger partial charge is 0.120 e. The molecule has 2 rings (SSSR count). The molecule has 0 radical (unpaired) electrons. The van der Waals surface area contributed by atoms with Gasteiger partial charge in [0.1, 0.15) is 5.75 Å². The third-order valence-electron chi connectivity index (χ3n) is 4.30. The van der Waals surface area contributed by atoms with Gasteiger partial charge >= 0.3 is 0 Å². The first-order chi connectivity index (χ1) is 10.2. The van der Waals surface area contributed by atoms with Crippen LogP contribution in [-0.2, 0) is 0 Å². The average molecular weight is 291 g/mol. The maximum Gasteiger partial charge on any atom is 0.120 e. The van der Waals surface area contributed by atoms with Crippen molar-refractivity contribution in [2.24, 2.45) is 5.92 Å². The number of benzene rings is 1. The van der Waals surface area contributed by atoms with Gasteiger partial charge < -0.3 is 10.1 Å². The minimum Gasteiger partial charge on any atom is -0.491 e. The van der Waals surface area contributed by atoms with Gasteiger partial charge in [-0.25, -0.2) is 5.43 Å². The van der Waals surface area contributed by atoms with Crippen molar-refractivity contribution >= 4 is 0 Å². The normalized spacial score (nSPS) is 26.8. The molecule has 4 unspecified atom stereocenters. The lowest BCUT2D eigenvalue weighted by atomic mass is 9.90. The second-order valence-corrected chi connectivity index (χ2v) is 5.94. The first-order valence-corrected chi connectivity index (χ1v) is 8.14. The van der Waals surface area contributed by atoms with E-state index in [9.17, 15) is 0 Å². The van der Waals surface area contributed by atoms with Crippen LogP contribution >= 0.6 is 0 Å². The molecule has 118 valence electrons. The maximum atomic E-state index is 5.94. The Balaban J connectivity index is 2.10. The van der Waals surface area contributed by atoms with E-state index in [1.165, 1.54) is 5.56 Å². The van der Waals surface area contributed by atoms with Gasteiger partial charge in [0.2, 0.25) is 0 Å². The van der Waals surface area contributed by atoms with E-state index in [4.69, 9.17) is 4.74 Å². The molecule has 1 fully saturated rings. The Kier molecular flexibility index (Phi) is 6.03. The van der Waals surface area contributed by atoms with Gasteiger partial charge in [-0.05, 0) is 44.5 Å². The topological polar surface area (TPSA) is 45.3 Å². The molecule has 1 heterocycles. The lowest BCUT2D eigenvalue weighted by molar-refractivity contribution is 0.217. The Labute approximate surface area is 128 Å². The molecule has 0 bridgehead atoms. The summed E-state index contributed by atoms with van der Waals surface area (Å²) in [6.45, 7) is 10.7. The van der Waals surface area contributed by atoms with E-state index in [1.807, 2.05) is 6.07 Å². The highest BCUT2D eigenvalue weighted by Crippen LogP contribution is 2.30. The quantitative estimate of drug-likeness (QED) is 0.723. The SMILES string of the molecule is CCNCC1C(C)NNC1c1cccc(OC(C)CC)c1. The molecule has 4 heteroatoms. The molecule has 1 aromatic rings. The zero-order valence-electron chi connectivity index (χ0n) is 13.6. The fourth-order valence-electron chi connectivity index (χ4n) is 2.76. The van der Waals surface area contributed by atoms with Gasteiger partial charge in [0.25, 0.3) is 0 Å². The molecule has 0 aliphatic carbocycles. The summed E-state index contributed by atoms with van der Waals surface area (Å²) in [6, 6.07) is 9.25. The molecule has 4 nitrogen and oxygen atoms in total. The van der Waals surface area contributed by atoms with Crippen LogP contribution in [0.15, 0.2) is 24.3 Å². The van der Waals surface area contributed by atoms with Gasteiger partial charge in [0.15, 0.2) is 0 Å². The Morgan fingerprint density at radius 3 is 2.81 bits per heavy atom. The van der Waals surface area contributed by atoms with Gasteiger partial charge in [-0.3, -0.25) is 5.43 Å². The van der Waals surface area contributed by atoms with E-state index in [0.29, 0.717) is 18.0 Å². The molecule has 0 spiro atoms. The van der Waals surface area contributed by atoms with E-state index in [1.54, 1.807) is 0 Å². The van der Waals surface area contributed by atoms with Crippen LogP contribution in [0.1, 0.15) is 45.7 Å². The second kappa shape index (κ2) is 7.78. The van der Waals surface area contributed by atoms with Crippen molar-refractivity contribution < 1.29 is 4.74 Å². The van der Waals surface area contributed by atoms with Crippen LogP contribution in [-0.4, -0.2) is 25.2 Å². The van der Waals surface area contributed by atoms with E-state index in [2.05, 4.69) is 62.1 Å². The number of rotatable bonds is 7. The molecule has 1 aromatic carbocycles. The number of hydrogen-bond acceptors (Lipinski definition) is 4. The van der Waals surface area contributed by atoms with Gasteiger partial charge in [-0.2, -0.15) is 0 Å². The monoisotopic (exact) mass is 291 g/mol. The minimum absolute atomic E-state index is 0.256. The molecule has 4 atom stereocenters. The molecule has 1 saturated heterocycles. The molecule has 1 aliphatic rings. The highest BCUT2D eigenvalue weighted by atomic mass is 16.5. The third kappa shape index (κ3) is 4.19. The maximum absolute atomic E-state index is 5.94. The van der Waals surface area contributed by atoms with Crippen molar-refractivity contribution in [3.05, 3.63) is 29.8 Å². The highest BCUT2D eigenvalue weighted by Gasteiger charge is 2.33. The van der Waals surface area contributed by atoms with Crippen molar-refractivity contribution in [1.82, 2.24) is 16.2 Å². The highest BCUT2D eigenvalue weighted by molar-refractivity contribution is 5.32. The van der Waals surface area contributed by atoms with Crippen LogP contribution < -0.4 is 20.9 Å². The fraction of sp³-hybridized carbons (Fsp3) is 0.647. The van der Waals surface area contributed by atoms with Gasteiger partial charge in [0, 0.05) is 18.5 Å². The number of ether oxygens (including phenoxy) is 1. The van der Waals surface area contributed by atoms with Crippen LogP contribution in [0.4, 0.5) is 0 Å². The number of hydrogen-bond donors (Lipinski definition) is 3. The standard InChI is InChI=1S/C17H29N3O/c1-5-12(3)21-15-9-7-8-14(10-15)17-16(11-18-6-2)13(4)19-20-17/h7-10,12-13,16-20H,5-6,11H2,1-4H3. The summed E-state index contributed by atoms with van der Waals surface area (Å²) in [4.78, 5) is 0. The van der Waals surface area contributed by atoms with E-state index >= 15 is 0 Å². The Bertz CT molecular complexity index is 438. The summed E-state index contributed by atoms with van der Waals surface area (Å²) in [6.07, 6.45) is 1.28. The summed E-state index contributed by atoms with van der Waals surface area (Å²) < 4.78 is 5.94. The van der Waals surface area contributed by atoms with Crippen molar-refractivity contribution in [1.29, 1.82) is 0 Å². The molecular weight excluding hydrogens is 262 g/mol. The summed E-state index contributed by atoms with van der Waals surface area (Å²) in [5, 5.41) is 3.47. The van der Waals surface area contributed by atoms with Gasteiger partial charge in [-0.15, -0.1) is 0 Å². The largest absolute Gasteiger partial charge is 0.491 e. The van der Waals surface area contributed by atoms with Crippen molar-refractivity contribution in [2.45, 2.75) is 52.3 Å². The molecule has 3 N–H and O–H groups in total. The summed E-state index contributed by atoms with van der Waals surface area (Å²) in [5.74, 6) is 1.49. The Morgan fingerprint density at radius 2 is 2.10 bits per heavy atom. The summed E-state index contributed by atoms with van der Waals surface area (Å²) in [7, 11) is 0. The van der Waals surface area contributed by atoms with Crippen molar-refractivity contribution in [3.63, 3.8) is 0 Å². The molecule has 0 aromatic heterocycles. The van der Waals surface area contributed by atoms with E-state index in [0.717, 1.165) is 25.3 Å². The lowest BCUT2D eigenvalue weighted by Crippen LogP contribution is -2.32. The van der Waals surface area contributed by atoms with Crippen LogP contribution in [0.2, 0.25) is 0 Å². The number of nitrogens with one attached hydrogen (secondary N) is 3. The first-order valence-electron chi connectivity index (χ1n) is 8.14. The van der Waals surface area contributed by atoms with Crippen molar-refractivity contribution in [3.8, 4) is 5.75 Å². The second-order valence-electron chi connectivity index (χ2n) is 5.94. The lowest BCUT2D eigenvalue weighted by Gasteiger charge is -2.22. The Morgan fingerprint density at radius 1 is 1.29 bits per heavy atom. The van der Waals surface area contributed by atoms with Crippen LogP contribution in [0.3, 0.4) is 0 Å². The Hall–Kier alpha value is -1.10. The molecule has 0 amide bonds. The first kappa shape index (κ1) is 16.3. The summed E-state index contributed by atoms with van der Waals surface area (Å²) in [5.41, 5.74) is 8.09. The van der Waals surface area contributed by atoms with E-state index in [-0.39, 0.29) is 6.10 Å².